The SMILES string of the molecule is C[C@H](CO)C(C(N)=O)n1cc([N+](=O)[O-])cn1. The van der Waals surface area contributed by atoms with Crippen LogP contribution in [0.4, 0.5) is 5.69 Å². The molecule has 0 radical (unpaired) electrons. The van der Waals surface area contributed by atoms with Gasteiger partial charge in [0.25, 0.3) is 0 Å². The van der Waals surface area contributed by atoms with Gasteiger partial charge in [0.15, 0.2) is 0 Å². The van der Waals surface area contributed by atoms with Gasteiger partial charge in [-0.2, -0.15) is 5.10 Å². The molecule has 0 saturated heterocycles. The summed E-state index contributed by atoms with van der Waals surface area (Å²) in [6.07, 6.45) is 2.14. The Balaban J connectivity index is 3.02. The van der Waals surface area contributed by atoms with Crippen LogP contribution in [0.1, 0.15) is 13.0 Å². The summed E-state index contributed by atoms with van der Waals surface area (Å²) in [4.78, 5) is 21.0. The van der Waals surface area contributed by atoms with Crippen LogP contribution in [0.3, 0.4) is 0 Å². The van der Waals surface area contributed by atoms with E-state index >= 15 is 0 Å². The van der Waals surface area contributed by atoms with Gasteiger partial charge >= 0.3 is 5.69 Å². The van der Waals surface area contributed by atoms with Gasteiger partial charge in [-0.3, -0.25) is 19.6 Å². The molecule has 0 aromatic carbocycles. The molecule has 2 atom stereocenters. The van der Waals surface area contributed by atoms with Crippen molar-refractivity contribution < 1.29 is 14.8 Å². The number of primary amides is 1. The van der Waals surface area contributed by atoms with Crippen LogP contribution in [0.15, 0.2) is 12.4 Å². The van der Waals surface area contributed by atoms with Crippen molar-refractivity contribution in [2.75, 3.05) is 6.61 Å². The smallest absolute Gasteiger partial charge is 0.307 e. The molecule has 0 spiro atoms. The first-order valence-corrected chi connectivity index (χ1v) is 4.56. The van der Waals surface area contributed by atoms with E-state index in [4.69, 9.17) is 10.8 Å². The predicted molar refractivity (Wildman–Crippen MR) is 53.4 cm³/mol. The Morgan fingerprint density at radius 1 is 1.81 bits per heavy atom. The molecule has 0 aliphatic rings. The Labute approximate surface area is 90.8 Å². The van der Waals surface area contributed by atoms with Crippen molar-refractivity contribution in [2.24, 2.45) is 11.7 Å². The van der Waals surface area contributed by atoms with Gasteiger partial charge in [0.1, 0.15) is 18.4 Å². The van der Waals surface area contributed by atoms with Crippen LogP contribution in [-0.4, -0.2) is 32.3 Å². The van der Waals surface area contributed by atoms with E-state index in [9.17, 15) is 14.9 Å². The Morgan fingerprint density at radius 3 is 2.81 bits per heavy atom. The number of nitrogens with zero attached hydrogens (tertiary/aromatic N) is 3. The van der Waals surface area contributed by atoms with E-state index in [0.29, 0.717) is 0 Å². The van der Waals surface area contributed by atoms with Crippen LogP contribution >= 0.6 is 0 Å². The number of aliphatic hydroxyl groups is 1. The zero-order chi connectivity index (χ0) is 12.3. The number of rotatable bonds is 5. The lowest BCUT2D eigenvalue weighted by Gasteiger charge is -2.18. The number of carbonyl (C=O) groups is 1. The van der Waals surface area contributed by atoms with Gasteiger partial charge in [0.2, 0.25) is 5.91 Å². The number of carbonyl (C=O) groups excluding carboxylic acids is 1. The van der Waals surface area contributed by atoms with Crippen molar-refractivity contribution in [3.05, 3.63) is 22.5 Å². The predicted octanol–water partition coefficient (Wildman–Crippen LogP) is -0.554. The molecular weight excluding hydrogens is 216 g/mol. The lowest BCUT2D eigenvalue weighted by Crippen LogP contribution is -2.33. The summed E-state index contributed by atoms with van der Waals surface area (Å²) in [5.74, 6) is -1.16. The van der Waals surface area contributed by atoms with E-state index < -0.39 is 22.8 Å². The first-order chi connectivity index (χ1) is 7.47. The highest BCUT2D eigenvalue weighted by molar-refractivity contribution is 5.78. The van der Waals surface area contributed by atoms with Gasteiger partial charge in [-0.25, -0.2) is 0 Å². The van der Waals surface area contributed by atoms with Gasteiger partial charge in [0.05, 0.1) is 4.92 Å². The average Bonchev–Trinajstić information content (AvgIpc) is 2.66. The highest BCUT2D eigenvalue weighted by Crippen LogP contribution is 2.19. The Hall–Kier alpha value is -1.96. The minimum absolute atomic E-state index is 0.226. The molecule has 1 aromatic rings. The number of nitro groups is 1. The molecule has 3 N–H and O–H groups in total. The van der Waals surface area contributed by atoms with Gasteiger partial charge in [0, 0.05) is 12.5 Å². The fourth-order valence-corrected chi connectivity index (χ4v) is 1.35. The third-order valence-corrected chi connectivity index (χ3v) is 2.20. The van der Waals surface area contributed by atoms with Crippen molar-refractivity contribution in [3.63, 3.8) is 0 Å². The first-order valence-electron chi connectivity index (χ1n) is 4.56. The van der Waals surface area contributed by atoms with Gasteiger partial charge in [-0.05, 0) is 0 Å². The lowest BCUT2D eigenvalue weighted by atomic mass is 10.0. The summed E-state index contributed by atoms with van der Waals surface area (Å²) in [5.41, 5.74) is 4.92. The van der Waals surface area contributed by atoms with E-state index in [1.54, 1.807) is 6.92 Å². The monoisotopic (exact) mass is 228 g/mol. The van der Waals surface area contributed by atoms with Crippen molar-refractivity contribution >= 4 is 11.6 Å². The Bertz CT molecular complexity index is 402. The molecule has 88 valence electrons. The highest BCUT2D eigenvalue weighted by Gasteiger charge is 2.26. The summed E-state index contributed by atoms with van der Waals surface area (Å²) >= 11 is 0. The van der Waals surface area contributed by atoms with Crippen LogP contribution in [0.25, 0.3) is 0 Å². The Kier molecular flexibility index (Phi) is 3.56. The largest absolute Gasteiger partial charge is 0.396 e. The summed E-state index contributed by atoms with van der Waals surface area (Å²) in [6, 6.07) is -0.890. The molecule has 8 nitrogen and oxygen atoms in total. The topological polar surface area (TPSA) is 124 Å². The lowest BCUT2D eigenvalue weighted by molar-refractivity contribution is -0.385. The molecule has 0 fully saturated rings. The first kappa shape index (κ1) is 12.1. The van der Waals surface area contributed by atoms with Crippen molar-refractivity contribution in [3.8, 4) is 0 Å². The number of amides is 1. The molecule has 0 bridgehead atoms. The molecular formula is C8H12N4O4. The molecule has 0 aliphatic heterocycles. The van der Waals surface area contributed by atoms with E-state index in [0.717, 1.165) is 17.1 Å². The van der Waals surface area contributed by atoms with Gasteiger partial charge < -0.3 is 10.8 Å². The van der Waals surface area contributed by atoms with Crippen molar-refractivity contribution in [1.82, 2.24) is 9.78 Å². The second-order valence-corrected chi connectivity index (χ2v) is 3.44. The fourth-order valence-electron chi connectivity index (χ4n) is 1.35. The van der Waals surface area contributed by atoms with Crippen LogP contribution in [-0.2, 0) is 4.79 Å². The summed E-state index contributed by atoms with van der Waals surface area (Å²) in [5, 5.41) is 23.1. The Morgan fingerprint density at radius 2 is 2.44 bits per heavy atom. The molecule has 8 heteroatoms. The third kappa shape index (κ3) is 2.34. The van der Waals surface area contributed by atoms with E-state index in [1.165, 1.54) is 0 Å². The summed E-state index contributed by atoms with van der Waals surface area (Å²) < 4.78 is 1.10. The summed E-state index contributed by atoms with van der Waals surface area (Å²) in [6.45, 7) is 1.34. The molecule has 1 heterocycles. The molecule has 1 aromatic heterocycles. The second kappa shape index (κ2) is 4.71. The summed E-state index contributed by atoms with van der Waals surface area (Å²) in [7, 11) is 0. The van der Waals surface area contributed by atoms with E-state index in [1.807, 2.05) is 0 Å². The van der Waals surface area contributed by atoms with Crippen LogP contribution in [0.5, 0.6) is 0 Å². The molecule has 1 unspecified atom stereocenters. The van der Waals surface area contributed by atoms with Gasteiger partial charge in [-0.15, -0.1) is 0 Å². The van der Waals surface area contributed by atoms with E-state index in [-0.39, 0.29) is 12.3 Å². The second-order valence-electron chi connectivity index (χ2n) is 3.44. The third-order valence-electron chi connectivity index (χ3n) is 2.20. The molecule has 1 rings (SSSR count). The number of hydrogen-bond acceptors (Lipinski definition) is 5. The van der Waals surface area contributed by atoms with Crippen LogP contribution in [0, 0.1) is 16.0 Å². The average molecular weight is 228 g/mol. The molecule has 16 heavy (non-hydrogen) atoms. The van der Waals surface area contributed by atoms with Crippen molar-refractivity contribution in [2.45, 2.75) is 13.0 Å². The number of hydrogen-bond donors (Lipinski definition) is 2. The highest BCUT2D eigenvalue weighted by atomic mass is 16.6. The maximum absolute atomic E-state index is 11.2. The van der Waals surface area contributed by atoms with Crippen molar-refractivity contribution in [1.29, 1.82) is 0 Å². The maximum atomic E-state index is 11.2. The maximum Gasteiger partial charge on any atom is 0.307 e. The van der Waals surface area contributed by atoms with E-state index in [2.05, 4.69) is 5.10 Å². The number of nitrogens with two attached hydrogens (primary N) is 1. The normalized spacial score (nSPS) is 14.4. The standard InChI is InChI=1S/C8H12N4O4/c1-5(4-13)7(8(9)14)11-3-6(2-10-11)12(15)16/h2-3,5,7,13H,4H2,1H3,(H2,9,14)/t5-,7?/m1/s1. The fraction of sp³-hybridized carbons (Fsp3) is 0.500. The zero-order valence-electron chi connectivity index (χ0n) is 8.61. The van der Waals surface area contributed by atoms with Crippen LogP contribution < -0.4 is 5.73 Å². The minimum Gasteiger partial charge on any atom is -0.396 e. The number of aliphatic hydroxyl groups excluding tert-OH is 1. The molecule has 0 aliphatic carbocycles. The number of aromatic nitrogens is 2. The minimum atomic E-state index is -0.890. The van der Waals surface area contributed by atoms with Crippen LogP contribution in [0.2, 0.25) is 0 Å². The quantitative estimate of drug-likeness (QED) is 0.516. The zero-order valence-corrected chi connectivity index (χ0v) is 8.61. The molecule has 1 amide bonds. The molecule has 0 saturated carbocycles. The van der Waals surface area contributed by atoms with Gasteiger partial charge in [-0.1, -0.05) is 6.92 Å².